The zero-order valence-corrected chi connectivity index (χ0v) is 12.8. The third-order valence-corrected chi connectivity index (χ3v) is 3.49. The summed E-state index contributed by atoms with van der Waals surface area (Å²) in [5, 5.41) is 8.81. The Labute approximate surface area is 130 Å². The minimum absolute atomic E-state index is 0.00635. The van der Waals surface area contributed by atoms with E-state index in [1.54, 1.807) is 7.11 Å². The lowest BCUT2D eigenvalue weighted by Gasteiger charge is -2.11. The molecule has 0 aliphatic heterocycles. The summed E-state index contributed by atoms with van der Waals surface area (Å²) in [6.07, 6.45) is 0.131. The summed E-state index contributed by atoms with van der Waals surface area (Å²) in [7, 11) is 1.64. The monoisotopic (exact) mass is 300 g/mol. The summed E-state index contributed by atoms with van der Waals surface area (Å²) in [4.78, 5) is 10.7. The fourth-order valence-corrected chi connectivity index (χ4v) is 2.16. The van der Waals surface area contributed by atoms with Crippen molar-refractivity contribution in [3.8, 4) is 11.5 Å². The van der Waals surface area contributed by atoms with Gasteiger partial charge in [0.15, 0.2) is 0 Å². The largest absolute Gasteiger partial charge is 0.497 e. The Hall–Kier alpha value is -2.49. The van der Waals surface area contributed by atoms with E-state index in [2.05, 4.69) is 0 Å². The Morgan fingerprint density at radius 3 is 2.18 bits per heavy atom. The first kappa shape index (κ1) is 15.9. The van der Waals surface area contributed by atoms with Gasteiger partial charge in [-0.2, -0.15) is 0 Å². The highest BCUT2D eigenvalue weighted by atomic mass is 16.5. The van der Waals surface area contributed by atoms with E-state index in [1.165, 1.54) is 0 Å². The highest BCUT2D eigenvalue weighted by molar-refractivity contribution is 5.67. The third kappa shape index (κ3) is 4.52. The van der Waals surface area contributed by atoms with Crippen LogP contribution < -0.4 is 9.47 Å². The molecule has 0 aliphatic carbocycles. The van der Waals surface area contributed by atoms with Crippen molar-refractivity contribution in [2.75, 3.05) is 7.11 Å². The summed E-state index contributed by atoms with van der Waals surface area (Å²) in [5.74, 6) is 0.795. The number of aliphatic carboxylic acids is 1. The second-order valence-electron chi connectivity index (χ2n) is 5.20. The fourth-order valence-electron chi connectivity index (χ4n) is 2.16. The first-order valence-corrected chi connectivity index (χ1v) is 7.16. The van der Waals surface area contributed by atoms with E-state index in [4.69, 9.17) is 14.6 Å². The molecule has 4 nitrogen and oxygen atoms in total. The van der Waals surface area contributed by atoms with Crippen LogP contribution >= 0.6 is 0 Å². The van der Waals surface area contributed by atoms with E-state index in [0.717, 1.165) is 22.6 Å². The Kier molecular flexibility index (Phi) is 5.42. The van der Waals surface area contributed by atoms with Crippen molar-refractivity contribution >= 4 is 5.97 Å². The van der Waals surface area contributed by atoms with E-state index in [-0.39, 0.29) is 12.3 Å². The van der Waals surface area contributed by atoms with Crippen LogP contribution in [0.15, 0.2) is 48.5 Å². The molecule has 0 radical (unpaired) electrons. The molecule has 0 saturated carbocycles. The lowest BCUT2D eigenvalue weighted by atomic mass is 9.98. The highest BCUT2D eigenvalue weighted by Crippen LogP contribution is 2.22. The highest BCUT2D eigenvalue weighted by Gasteiger charge is 2.10. The number of ether oxygens (including phenoxy) is 2. The van der Waals surface area contributed by atoms with Gasteiger partial charge in [0.1, 0.15) is 18.1 Å². The number of benzene rings is 2. The molecule has 116 valence electrons. The second-order valence-corrected chi connectivity index (χ2v) is 5.20. The molecule has 0 bridgehead atoms. The lowest BCUT2D eigenvalue weighted by Crippen LogP contribution is -2.03. The van der Waals surface area contributed by atoms with Crippen LogP contribution in [-0.4, -0.2) is 18.2 Å². The molecule has 0 heterocycles. The maximum atomic E-state index is 10.7. The van der Waals surface area contributed by atoms with Crippen LogP contribution in [-0.2, 0) is 11.4 Å². The van der Waals surface area contributed by atoms with Crippen LogP contribution in [0.5, 0.6) is 11.5 Å². The van der Waals surface area contributed by atoms with Gasteiger partial charge in [-0.05, 0) is 41.3 Å². The number of rotatable bonds is 7. The van der Waals surface area contributed by atoms with Crippen LogP contribution in [0, 0.1) is 0 Å². The molecule has 0 amide bonds. The topological polar surface area (TPSA) is 55.8 Å². The molecular weight excluding hydrogens is 280 g/mol. The van der Waals surface area contributed by atoms with Crippen LogP contribution in [0.1, 0.15) is 30.4 Å². The molecule has 0 fully saturated rings. The maximum absolute atomic E-state index is 10.7. The molecular formula is C18H20O4. The first-order valence-electron chi connectivity index (χ1n) is 7.16. The quantitative estimate of drug-likeness (QED) is 0.843. The SMILES string of the molecule is COc1ccc(COc2ccc([C@H](C)CC(=O)O)cc2)cc1. The van der Waals surface area contributed by atoms with E-state index in [1.807, 2.05) is 55.5 Å². The smallest absolute Gasteiger partial charge is 0.303 e. The molecule has 1 N–H and O–H groups in total. The van der Waals surface area contributed by atoms with E-state index >= 15 is 0 Å². The Morgan fingerprint density at radius 2 is 1.64 bits per heavy atom. The third-order valence-electron chi connectivity index (χ3n) is 3.49. The number of carboxylic acid groups (broad SMARTS) is 1. The maximum Gasteiger partial charge on any atom is 0.303 e. The molecule has 0 aliphatic rings. The number of hydrogen-bond acceptors (Lipinski definition) is 3. The molecule has 0 aromatic heterocycles. The van der Waals surface area contributed by atoms with Crippen LogP contribution in [0.4, 0.5) is 0 Å². The zero-order valence-electron chi connectivity index (χ0n) is 12.8. The molecule has 2 aromatic rings. The Morgan fingerprint density at radius 1 is 1.05 bits per heavy atom. The average Bonchev–Trinajstić information content (AvgIpc) is 2.53. The zero-order chi connectivity index (χ0) is 15.9. The molecule has 2 rings (SSSR count). The minimum atomic E-state index is -0.785. The van der Waals surface area contributed by atoms with Gasteiger partial charge in [-0.15, -0.1) is 0 Å². The van der Waals surface area contributed by atoms with E-state index in [0.29, 0.717) is 6.61 Å². The molecule has 2 aromatic carbocycles. The molecule has 1 atom stereocenters. The van der Waals surface area contributed by atoms with Gasteiger partial charge in [-0.3, -0.25) is 4.79 Å². The van der Waals surface area contributed by atoms with Crippen molar-refractivity contribution in [2.24, 2.45) is 0 Å². The van der Waals surface area contributed by atoms with Crippen molar-refractivity contribution < 1.29 is 19.4 Å². The second kappa shape index (κ2) is 7.50. The van der Waals surface area contributed by atoms with Crippen molar-refractivity contribution in [1.29, 1.82) is 0 Å². The van der Waals surface area contributed by atoms with Gasteiger partial charge in [-0.25, -0.2) is 0 Å². The summed E-state index contributed by atoms with van der Waals surface area (Å²) in [6.45, 7) is 2.38. The van der Waals surface area contributed by atoms with Crippen LogP contribution in [0.25, 0.3) is 0 Å². The summed E-state index contributed by atoms with van der Waals surface area (Å²) in [5.41, 5.74) is 2.06. The van der Waals surface area contributed by atoms with Gasteiger partial charge in [0.2, 0.25) is 0 Å². The van der Waals surface area contributed by atoms with Gasteiger partial charge >= 0.3 is 5.97 Å². The van der Waals surface area contributed by atoms with Crippen molar-refractivity contribution in [1.82, 2.24) is 0 Å². The predicted molar refractivity (Wildman–Crippen MR) is 84.4 cm³/mol. The predicted octanol–water partition coefficient (Wildman–Crippen LogP) is 3.85. The summed E-state index contributed by atoms with van der Waals surface area (Å²) < 4.78 is 10.8. The Balaban J connectivity index is 1.91. The van der Waals surface area contributed by atoms with Gasteiger partial charge in [0.05, 0.1) is 13.5 Å². The lowest BCUT2D eigenvalue weighted by molar-refractivity contribution is -0.137. The number of hydrogen-bond donors (Lipinski definition) is 1. The van der Waals surface area contributed by atoms with Crippen LogP contribution in [0.3, 0.4) is 0 Å². The fraction of sp³-hybridized carbons (Fsp3) is 0.278. The standard InChI is InChI=1S/C18H20O4/c1-13(11-18(19)20)15-5-9-17(10-6-15)22-12-14-3-7-16(21-2)8-4-14/h3-10,13H,11-12H2,1-2H3,(H,19,20)/t13-/m1/s1. The Bertz CT molecular complexity index is 602. The molecule has 0 saturated heterocycles. The van der Waals surface area contributed by atoms with Gasteiger partial charge < -0.3 is 14.6 Å². The van der Waals surface area contributed by atoms with E-state index in [9.17, 15) is 4.79 Å². The van der Waals surface area contributed by atoms with Crippen molar-refractivity contribution in [3.63, 3.8) is 0 Å². The van der Waals surface area contributed by atoms with Gasteiger partial charge in [-0.1, -0.05) is 31.2 Å². The normalized spacial score (nSPS) is 11.7. The van der Waals surface area contributed by atoms with Gasteiger partial charge in [0, 0.05) is 0 Å². The molecule has 0 spiro atoms. The molecule has 22 heavy (non-hydrogen) atoms. The molecule has 4 heteroatoms. The van der Waals surface area contributed by atoms with Gasteiger partial charge in [0.25, 0.3) is 0 Å². The summed E-state index contributed by atoms with van der Waals surface area (Å²) in [6, 6.07) is 15.3. The summed E-state index contributed by atoms with van der Waals surface area (Å²) >= 11 is 0. The average molecular weight is 300 g/mol. The first-order chi connectivity index (χ1) is 10.6. The number of carbonyl (C=O) groups is 1. The van der Waals surface area contributed by atoms with Crippen molar-refractivity contribution in [2.45, 2.75) is 25.9 Å². The van der Waals surface area contributed by atoms with Crippen molar-refractivity contribution in [3.05, 3.63) is 59.7 Å². The molecule has 0 unspecified atom stereocenters. The minimum Gasteiger partial charge on any atom is -0.497 e. The number of carboxylic acids is 1. The number of methoxy groups -OCH3 is 1. The van der Waals surface area contributed by atoms with E-state index < -0.39 is 5.97 Å². The van der Waals surface area contributed by atoms with Crippen LogP contribution in [0.2, 0.25) is 0 Å².